The molecule has 4 rings (SSSR count). The van der Waals surface area contributed by atoms with Crippen molar-refractivity contribution in [3.05, 3.63) is 83.1 Å². The summed E-state index contributed by atoms with van der Waals surface area (Å²) in [6.07, 6.45) is 7.11. The number of aryl methyl sites for hydroxylation is 1. The van der Waals surface area contributed by atoms with Gasteiger partial charge in [0.15, 0.2) is 0 Å². The lowest BCUT2D eigenvalue weighted by Crippen LogP contribution is -2.32. The van der Waals surface area contributed by atoms with Crippen LogP contribution < -0.4 is 0 Å². The summed E-state index contributed by atoms with van der Waals surface area (Å²) in [5.74, 6) is 0.481. The Morgan fingerprint density at radius 1 is 1.00 bits per heavy atom. The Balaban J connectivity index is 1.68. The van der Waals surface area contributed by atoms with Crippen LogP contribution in [0.5, 0.6) is 0 Å². The maximum absolute atomic E-state index is 13.0. The SMILES string of the molecule is Cc1ccc(S(=O)(=O)N2C=C3/C(=C\c4ccccc4)CCC3CC2)cc1. The van der Waals surface area contributed by atoms with Crippen molar-refractivity contribution >= 4 is 16.1 Å². The first-order valence-corrected chi connectivity index (χ1v) is 10.5. The minimum absolute atomic E-state index is 0.366. The Morgan fingerprint density at radius 2 is 1.73 bits per heavy atom. The van der Waals surface area contributed by atoms with Crippen LogP contribution in [0.2, 0.25) is 0 Å². The average molecular weight is 365 g/mol. The maximum Gasteiger partial charge on any atom is 0.263 e. The third kappa shape index (κ3) is 3.21. The highest BCUT2D eigenvalue weighted by atomic mass is 32.2. The topological polar surface area (TPSA) is 37.4 Å². The van der Waals surface area contributed by atoms with Crippen LogP contribution >= 0.6 is 0 Å². The van der Waals surface area contributed by atoms with Crippen LogP contribution in [-0.2, 0) is 10.0 Å². The summed E-state index contributed by atoms with van der Waals surface area (Å²) < 4.78 is 27.6. The van der Waals surface area contributed by atoms with Gasteiger partial charge in [0.25, 0.3) is 10.0 Å². The van der Waals surface area contributed by atoms with Crippen LogP contribution in [0.1, 0.15) is 30.4 Å². The fraction of sp³-hybridized carbons (Fsp3) is 0.273. The Bertz CT molecular complexity index is 957. The molecule has 26 heavy (non-hydrogen) atoms. The zero-order chi connectivity index (χ0) is 18.1. The van der Waals surface area contributed by atoms with Crippen molar-refractivity contribution in [3.63, 3.8) is 0 Å². The van der Waals surface area contributed by atoms with Crippen LogP contribution in [0.15, 0.2) is 76.8 Å². The number of nitrogens with zero attached hydrogens (tertiary/aromatic N) is 1. The molecule has 0 radical (unpaired) electrons. The van der Waals surface area contributed by atoms with Gasteiger partial charge in [0.05, 0.1) is 4.90 Å². The van der Waals surface area contributed by atoms with Crippen molar-refractivity contribution in [3.8, 4) is 0 Å². The van der Waals surface area contributed by atoms with E-state index < -0.39 is 10.0 Å². The number of hydrogen-bond donors (Lipinski definition) is 0. The maximum atomic E-state index is 13.0. The minimum atomic E-state index is -3.48. The van der Waals surface area contributed by atoms with Crippen molar-refractivity contribution in [2.75, 3.05) is 6.54 Å². The fourth-order valence-electron chi connectivity index (χ4n) is 3.82. The molecule has 2 aromatic carbocycles. The lowest BCUT2D eigenvalue weighted by Gasteiger charge is -2.29. The number of fused-ring (bicyclic) bond motifs is 1. The van der Waals surface area contributed by atoms with E-state index in [1.807, 2.05) is 43.5 Å². The first-order chi connectivity index (χ1) is 12.5. The molecule has 3 nitrogen and oxygen atoms in total. The number of hydrogen-bond acceptors (Lipinski definition) is 2. The summed E-state index contributed by atoms with van der Waals surface area (Å²) in [5, 5.41) is 0. The van der Waals surface area contributed by atoms with E-state index in [-0.39, 0.29) is 0 Å². The zero-order valence-corrected chi connectivity index (χ0v) is 15.7. The van der Waals surface area contributed by atoms with E-state index in [2.05, 4.69) is 18.2 Å². The third-order valence-electron chi connectivity index (χ3n) is 5.32. The molecule has 1 unspecified atom stereocenters. The Hall–Kier alpha value is -2.33. The molecular formula is C22H23NO2S. The molecule has 0 N–H and O–H groups in total. The van der Waals surface area contributed by atoms with Crippen molar-refractivity contribution in [2.24, 2.45) is 5.92 Å². The second-order valence-electron chi connectivity index (χ2n) is 7.12. The van der Waals surface area contributed by atoms with Crippen molar-refractivity contribution in [2.45, 2.75) is 31.1 Å². The summed E-state index contributed by atoms with van der Waals surface area (Å²) in [6.45, 7) is 2.52. The third-order valence-corrected chi connectivity index (χ3v) is 7.10. The van der Waals surface area contributed by atoms with Gasteiger partial charge in [-0.3, -0.25) is 4.31 Å². The lowest BCUT2D eigenvalue weighted by atomic mass is 9.95. The van der Waals surface area contributed by atoms with Crippen molar-refractivity contribution < 1.29 is 8.42 Å². The normalized spacial score (nSPS) is 21.6. The first-order valence-electron chi connectivity index (χ1n) is 9.10. The van der Waals surface area contributed by atoms with Crippen molar-refractivity contribution in [1.82, 2.24) is 4.31 Å². The molecule has 0 spiro atoms. The number of sulfonamides is 1. The van der Waals surface area contributed by atoms with E-state index in [1.54, 1.807) is 12.1 Å². The predicted molar refractivity (Wildman–Crippen MR) is 105 cm³/mol. The van der Waals surface area contributed by atoms with Gasteiger partial charge in [-0.2, -0.15) is 0 Å². The molecule has 0 saturated heterocycles. The van der Waals surface area contributed by atoms with Gasteiger partial charge < -0.3 is 0 Å². The number of rotatable bonds is 3. The average Bonchev–Trinajstić information content (AvgIpc) is 3.05. The van der Waals surface area contributed by atoms with Crippen LogP contribution in [0, 0.1) is 12.8 Å². The lowest BCUT2D eigenvalue weighted by molar-refractivity contribution is 0.420. The molecule has 1 saturated carbocycles. The van der Waals surface area contributed by atoms with E-state index in [0.717, 1.165) is 24.8 Å². The molecule has 0 aromatic heterocycles. The molecule has 1 atom stereocenters. The summed E-state index contributed by atoms with van der Waals surface area (Å²) >= 11 is 0. The minimum Gasteiger partial charge on any atom is -0.273 e. The van der Waals surface area contributed by atoms with Gasteiger partial charge in [0, 0.05) is 12.7 Å². The van der Waals surface area contributed by atoms with Crippen LogP contribution in [0.3, 0.4) is 0 Å². The van der Waals surface area contributed by atoms with Crippen LogP contribution in [-0.4, -0.2) is 19.3 Å². The number of benzene rings is 2. The predicted octanol–water partition coefficient (Wildman–Crippen LogP) is 4.77. The second-order valence-corrected chi connectivity index (χ2v) is 9.01. The fourth-order valence-corrected chi connectivity index (χ4v) is 5.17. The summed E-state index contributed by atoms with van der Waals surface area (Å²) in [5.41, 5.74) is 4.69. The molecule has 1 fully saturated rings. The van der Waals surface area contributed by atoms with E-state index in [4.69, 9.17) is 0 Å². The van der Waals surface area contributed by atoms with Gasteiger partial charge in [-0.25, -0.2) is 8.42 Å². The summed E-state index contributed by atoms with van der Waals surface area (Å²) in [4.78, 5) is 0.366. The van der Waals surface area contributed by atoms with Crippen molar-refractivity contribution in [1.29, 1.82) is 0 Å². The van der Waals surface area contributed by atoms with Gasteiger partial charge >= 0.3 is 0 Å². The molecule has 1 heterocycles. The number of allylic oxidation sites excluding steroid dienone is 2. The summed E-state index contributed by atoms with van der Waals surface area (Å²) in [6, 6.07) is 17.3. The zero-order valence-electron chi connectivity index (χ0n) is 14.9. The highest BCUT2D eigenvalue weighted by molar-refractivity contribution is 7.89. The molecular weight excluding hydrogens is 342 g/mol. The van der Waals surface area contributed by atoms with E-state index in [0.29, 0.717) is 17.4 Å². The molecule has 1 aliphatic heterocycles. The Kier molecular flexibility index (Phi) is 4.45. The van der Waals surface area contributed by atoms with Gasteiger partial charge in [-0.1, -0.05) is 54.1 Å². The smallest absolute Gasteiger partial charge is 0.263 e. The molecule has 2 aliphatic rings. The van der Waals surface area contributed by atoms with Gasteiger partial charge in [0.2, 0.25) is 0 Å². The van der Waals surface area contributed by atoms with Gasteiger partial charge in [-0.05, 0) is 60.9 Å². The quantitative estimate of drug-likeness (QED) is 0.786. The van der Waals surface area contributed by atoms with E-state index in [1.165, 1.54) is 21.0 Å². The highest BCUT2D eigenvalue weighted by Crippen LogP contribution is 2.42. The second kappa shape index (κ2) is 6.76. The van der Waals surface area contributed by atoms with Gasteiger partial charge in [0.1, 0.15) is 0 Å². The molecule has 0 amide bonds. The first kappa shape index (κ1) is 17.1. The van der Waals surface area contributed by atoms with Gasteiger partial charge in [-0.15, -0.1) is 0 Å². The largest absolute Gasteiger partial charge is 0.273 e. The molecule has 134 valence electrons. The van der Waals surface area contributed by atoms with E-state index in [9.17, 15) is 8.42 Å². The molecule has 1 aliphatic carbocycles. The Labute approximate surface area is 155 Å². The Morgan fingerprint density at radius 3 is 2.46 bits per heavy atom. The molecule has 0 bridgehead atoms. The molecule has 4 heteroatoms. The van der Waals surface area contributed by atoms with E-state index >= 15 is 0 Å². The highest BCUT2D eigenvalue weighted by Gasteiger charge is 2.33. The summed E-state index contributed by atoms with van der Waals surface area (Å²) in [7, 11) is -3.48. The van der Waals surface area contributed by atoms with Crippen LogP contribution in [0.25, 0.3) is 6.08 Å². The monoisotopic (exact) mass is 365 g/mol. The molecule has 2 aromatic rings. The van der Waals surface area contributed by atoms with Crippen LogP contribution in [0.4, 0.5) is 0 Å². The standard InChI is InChI=1S/C22H23NO2S/c1-17-7-11-21(12-8-17)26(24,25)23-14-13-19-9-10-20(22(19)16-23)15-18-5-3-2-4-6-18/h2-8,11-12,15-16,19H,9-10,13-14H2,1H3/b20-15-.